The van der Waals surface area contributed by atoms with Gasteiger partial charge >= 0.3 is 0 Å². The molecule has 0 N–H and O–H groups in total. The minimum absolute atomic E-state index is 1.10. The Bertz CT molecular complexity index is 3900. The van der Waals surface area contributed by atoms with Crippen molar-refractivity contribution in [2.75, 3.05) is 4.90 Å². The van der Waals surface area contributed by atoms with Crippen molar-refractivity contribution in [3.63, 3.8) is 0 Å². The highest BCUT2D eigenvalue weighted by Gasteiger charge is 2.18. The van der Waals surface area contributed by atoms with Gasteiger partial charge in [-0.2, -0.15) is 0 Å². The van der Waals surface area contributed by atoms with Gasteiger partial charge in [0.25, 0.3) is 0 Å². The van der Waals surface area contributed by atoms with Crippen LogP contribution in [0.4, 0.5) is 17.1 Å². The van der Waals surface area contributed by atoms with Crippen LogP contribution in [-0.4, -0.2) is 4.57 Å². The van der Waals surface area contributed by atoms with Gasteiger partial charge in [-0.1, -0.05) is 158 Å². The quantitative estimate of drug-likeness (QED) is 0.152. The monoisotopic (exact) mass is 818 g/mol. The van der Waals surface area contributed by atoms with Crippen molar-refractivity contribution < 1.29 is 0 Å². The Morgan fingerprint density at radius 3 is 1.60 bits per heavy atom. The molecule has 0 fully saturated rings. The summed E-state index contributed by atoms with van der Waals surface area (Å²) in [6, 6.07) is 84.8. The second-order valence-corrected chi connectivity index (χ2v) is 17.6. The van der Waals surface area contributed by atoms with Gasteiger partial charge in [0.2, 0.25) is 0 Å². The zero-order valence-electron chi connectivity index (χ0n) is 34.2. The molecule has 0 saturated heterocycles. The molecule has 0 aliphatic carbocycles. The van der Waals surface area contributed by atoms with E-state index < -0.39 is 0 Å². The highest BCUT2D eigenvalue weighted by Crippen LogP contribution is 2.42. The first kappa shape index (κ1) is 35.7. The topological polar surface area (TPSA) is 8.17 Å². The predicted octanol–water partition coefficient (Wildman–Crippen LogP) is 17.4. The van der Waals surface area contributed by atoms with E-state index in [0.717, 1.165) is 22.7 Å². The summed E-state index contributed by atoms with van der Waals surface area (Å²) in [5.74, 6) is 0. The number of anilines is 3. The lowest BCUT2D eigenvalue weighted by Crippen LogP contribution is -2.09. The van der Waals surface area contributed by atoms with Crippen LogP contribution in [0, 0.1) is 0 Å². The number of fused-ring (bicyclic) bond motifs is 11. The van der Waals surface area contributed by atoms with Gasteiger partial charge < -0.3 is 9.47 Å². The van der Waals surface area contributed by atoms with Crippen LogP contribution in [0.25, 0.3) is 102 Å². The number of aromatic nitrogens is 1. The van der Waals surface area contributed by atoms with Crippen LogP contribution in [0.15, 0.2) is 231 Å². The third kappa shape index (κ3) is 5.85. The number of rotatable bonds is 6. The molecule has 13 aromatic rings. The second kappa shape index (κ2) is 14.3. The van der Waals surface area contributed by atoms with Gasteiger partial charge in [0.05, 0.1) is 11.0 Å². The molecular formula is C60H38N2S. The van der Waals surface area contributed by atoms with Crippen molar-refractivity contribution in [1.82, 2.24) is 4.57 Å². The summed E-state index contributed by atoms with van der Waals surface area (Å²) < 4.78 is 5.09. The maximum Gasteiger partial charge on any atom is 0.0619 e. The molecule has 11 aromatic carbocycles. The molecule has 0 radical (unpaired) electrons. The van der Waals surface area contributed by atoms with Crippen molar-refractivity contribution in [2.24, 2.45) is 0 Å². The minimum Gasteiger partial charge on any atom is -0.310 e. The normalized spacial score (nSPS) is 11.8. The van der Waals surface area contributed by atoms with Crippen molar-refractivity contribution in [3.05, 3.63) is 231 Å². The van der Waals surface area contributed by atoms with Crippen molar-refractivity contribution in [1.29, 1.82) is 0 Å². The fourth-order valence-corrected chi connectivity index (χ4v) is 11.0. The van der Waals surface area contributed by atoms with Crippen LogP contribution >= 0.6 is 11.3 Å². The van der Waals surface area contributed by atoms with Crippen LogP contribution in [0.1, 0.15) is 0 Å². The van der Waals surface area contributed by atoms with E-state index in [4.69, 9.17) is 0 Å². The number of nitrogens with zero attached hydrogens (tertiary/aromatic N) is 2. The van der Waals surface area contributed by atoms with Crippen LogP contribution in [0.3, 0.4) is 0 Å². The highest BCUT2D eigenvalue weighted by atomic mass is 32.1. The lowest BCUT2D eigenvalue weighted by Gasteiger charge is -2.26. The standard InChI is InChI=1S/C60H38N2S/c1-2-12-46(13-3-1)62-57-38-44(25-32-53(57)55-33-24-42-11-5-7-15-52(42)60(55)62)40-22-29-48(30-23-40)61(49-31-34-51-45(36-49)19-18-41-10-4-6-14-50(41)51)47-27-20-39(21-28-47)43-26-35-59-56(37-43)54-16-8-9-17-58(54)63-59/h1-38H. The molecule has 0 aliphatic rings. The van der Waals surface area contributed by atoms with E-state index in [0.29, 0.717) is 0 Å². The van der Waals surface area contributed by atoms with Gasteiger partial charge in [0, 0.05) is 59.1 Å². The Morgan fingerprint density at radius 1 is 0.302 bits per heavy atom. The minimum atomic E-state index is 1.10. The second-order valence-electron chi connectivity index (χ2n) is 16.5. The molecule has 0 unspecified atom stereocenters. The van der Waals surface area contributed by atoms with Gasteiger partial charge in [0.1, 0.15) is 0 Å². The molecule has 2 nitrogen and oxygen atoms in total. The van der Waals surface area contributed by atoms with Gasteiger partial charge in [-0.15, -0.1) is 11.3 Å². The Labute approximate surface area is 368 Å². The molecule has 2 aromatic heterocycles. The summed E-state index contributed by atoms with van der Waals surface area (Å²) in [6.45, 7) is 0. The van der Waals surface area contributed by atoms with Crippen LogP contribution < -0.4 is 4.90 Å². The molecule has 0 saturated carbocycles. The van der Waals surface area contributed by atoms with Crippen LogP contribution in [-0.2, 0) is 0 Å². The van der Waals surface area contributed by atoms with Crippen molar-refractivity contribution >= 4 is 103 Å². The lowest BCUT2D eigenvalue weighted by molar-refractivity contribution is 1.19. The molecule has 0 bridgehead atoms. The maximum atomic E-state index is 2.44. The zero-order chi connectivity index (χ0) is 41.4. The summed E-state index contributed by atoms with van der Waals surface area (Å²) in [5, 5.41) is 12.7. The number of para-hydroxylation sites is 1. The lowest BCUT2D eigenvalue weighted by atomic mass is 10.00. The summed E-state index contributed by atoms with van der Waals surface area (Å²) >= 11 is 1.86. The Hall–Kier alpha value is -7.98. The van der Waals surface area contributed by atoms with E-state index in [2.05, 4.69) is 240 Å². The molecule has 0 atom stereocenters. The molecule has 3 heteroatoms. The van der Waals surface area contributed by atoms with E-state index in [-0.39, 0.29) is 0 Å². The van der Waals surface area contributed by atoms with Gasteiger partial charge in [-0.25, -0.2) is 0 Å². The highest BCUT2D eigenvalue weighted by molar-refractivity contribution is 7.25. The molecule has 0 aliphatic heterocycles. The fourth-order valence-electron chi connectivity index (χ4n) is 9.90. The molecule has 0 spiro atoms. The SMILES string of the molecule is c1ccc(-n2c3cc(-c4ccc(N(c5ccc(-c6ccc7sc8ccccc8c7c6)cc5)c5ccc6c(ccc7ccccc76)c5)cc4)ccc3c3ccc4ccccc4c32)cc1. The number of hydrogen-bond donors (Lipinski definition) is 0. The van der Waals surface area contributed by atoms with E-state index in [1.807, 2.05) is 11.3 Å². The Balaban J connectivity index is 0.925. The van der Waals surface area contributed by atoms with E-state index >= 15 is 0 Å². The van der Waals surface area contributed by atoms with Gasteiger partial charge in [0.15, 0.2) is 0 Å². The average Bonchev–Trinajstić information content (AvgIpc) is 3.90. The zero-order valence-corrected chi connectivity index (χ0v) is 35.1. The fraction of sp³-hybridized carbons (Fsp3) is 0. The first-order valence-electron chi connectivity index (χ1n) is 21.6. The Morgan fingerprint density at radius 2 is 0.825 bits per heavy atom. The third-order valence-electron chi connectivity index (χ3n) is 12.9. The maximum absolute atomic E-state index is 2.44. The number of benzene rings is 11. The first-order chi connectivity index (χ1) is 31.2. The van der Waals surface area contributed by atoms with E-state index in [1.54, 1.807) is 0 Å². The van der Waals surface area contributed by atoms with Crippen molar-refractivity contribution in [3.8, 4) is 27.9 Å². The van der Waals surface area contributed by atoms with Crippen LogP contribution in [0.5, 0.6) is 0 Å². The van der Waals surface area contributed by atoms with Gasteiger partial charge in [-0.3, -0.25) is 0 Å². The molecule has 294 valence electrons. The van der Waals surface area contributed by atoms with Crippen LogP contribution in [0.2, 0.25) is 0 Å². The smallest absolute Gasteiger partial charge is 0.0619 e. The molecule has 2 heterocycles. The first-order valence-corrected chi connectivity index (χ1v) is 22.4. The van der Waals surface area contributed by atoms with E-state index in [9.17, 15) is 0 Å². The summed E-state index contributed by atoms with van der Waals surface area (Å²) in [7, 11) is 0. The molecule has 63 heavy (non-hydrogen) atoms. The summed E-state index contributed by atoms with van der Waals surface area (Å²) in [6.07, 6.45) is 0. The average molecular weight is 819 g/mol. The van der Waals surface area contributed by atoms with E-state index in [1.165, 1.54) is 96.5 Å². The summed E-state index contributed by atoms with van der Waals surface area (Å²) in [5.41, 5.74) is 11.7. The number of hydrogen-bond acceptors (Lipinski definition) is 2. The number of thiophene rings is 1. The Kier molecular flexibility index (Phi) is 8.12. The molecular weight excluding hydrogens is 781 g/mol. The largest absolute Gasteiger partial charge is 0.310 e. The predicted molar refractivity (Wildman–Crippen MR) is 272 cm³/mol. The summed E-state index contributed by atoms with van der Waals surface area (Å²) in [4.78, 5) is 2.39. The van der Waals surface area contributed by atoms with Gasteiger partial charge in [-0.05, 0) is 122 Å². The third-order valence-corrected chi connectivity index (χ3v) is 14.1. The molecule has 13 rings (SSSR count). The molecule has 0 amide bonds. The van der Waals surface area contributed by atoms with Crippen molar-refractivity contribution in [2.45, 2.75) is 0 Å².